The molecule has 4 aliphatic rings. The first kappa shape index (κ1) is 32.7. The molecule has 2 aliphatic heterocycles. The molecule has 8 nitrogen and oxygen atoms in total. The highest BCUT2D eigenvalue weighted by Crippen LogP contribution is 2.64. The number of hydrazine groups is 1. The number of fused-ring (bicyclic) bond motifs is 4. The lowest BCUT2D eigenvalue weighted by Crippen LogP contribution is -2.53. The number of carbonyl (C=O) groups is 4. The van der Waals surface area contributed by atoms with Gasteiger partial charge in [0.25, 0.3) is 11.8 Å². The van der Waals surface area contributed by atoms with E-state index in [-0.39, 0.29) is 30.4 Å². The van der Waals surface area contributed by atoms with E-state index in [1.165, 1.54) is 29.2 Å². The summed E-state index contributed by atoms with van der Waals surface area (Å²) in [6.07, 6.45) is 4.06. The number of aromatic hydroxyl groups is 1. The molecule has 0 unspecified atom stereocenters. The maximum Gasteiger partial charge on any atom is 0.260 e. The molecule has 256 valence electrons. The standard InChI is InChI=1S/C41H33ClFN3O5/c1-3-23-4-15-29(16-5-23)45-37(48)31-18-17-30-32(35(31)39(45)50)21-33-38(49)46(44-28-13-11-27(43)12-14-28)40(51)41(33,25-7-9-26(42)10-8-25)36(30)24-6-19-34(47)22(2)20-24/h3-17,19-20,31-33,35-36,44,47H,1,18,21H2,2H3/t31-,32+,33-,35-,36-,41+/m0/s1. The first-order valence-electron chi connectivity index (χ1n) is 16.8. The van der Waals surface area contributed by atoms with E-state index in [2.05, 4.69) is 12.0 Å². The largest absolute Gasteiger partial charge is 0.508 e. The second-order valence-corrected chi connectivity index (χ2v) is 14.2. The number of nitrogens with one attached hydrogen (secondary N) is 1. The van der Waals surface area contributed by atoms with Crippen LogP contribution < -0.4 is 10.3 Å². The number of anilines is 2. The van der Waals surface area contributed by atoms with E-state index in [0.29, 0.717) is 33.1 Å². The quantitative estimate of drug-likeness (QED) is 0.161. The summed E-state index contributed by atoms with van der Waals surface area (Å²) in [7, 11) is 0. The Morgan fingerprint density at radius 2 is 1.61 bits per heavy atom. The van der Waals surface area contributed by atoms with Gasteiger partial charge in [-0.05, 0) is 103 Å². The molecule has 4 amide bonds. The van der Waals surface area contributed by atoms with Crippen molar-refractivity contribution in [2.45, 2.75) is 31.1 Å². The SMILES string of the molecule is C=Cc1ccc(N2C(=O)[C@H]3[C@H](CC=C4[C@H]3C[C@H]3C(=O)N(Nc5ccc(F)cc5)C(=O)[C@@]3(c3ccc(Cl)cc3)[C@H]4c3ccc(O)c(C)c3)C2=O)cc1. The van der Waals surface area contributed by atoms with Crippen LogP contribution in [-0.4, -0.2) is 33.7 Å². The summed E-state index contributed by atoms with van der Waals surface area (Å²) in [6, 6.07) is 24.4. The Kier molecular flexibility index (Phi) is 7.72. The van der Waals surface area contributed by atoms with Gasteiger partial charge in [-0.15, -0.1) is 0 Å². The minimum Gasteiger partial charge on any atom is -0.508 e. The van der Waals surface area contributed by atoms with Crippen LogP contribution in [0.3, 0.4) is 0 Å². The lowest BCUT2D eigenvalue weighted by molar-refractivity contribution is -0.138. The van der Waals surface area contributed by atoms with Crippen molar-refractivity contribution in [1.82, 2.24) is 5.01 Å². The van der Waals surface area contributed by atoms with Gasteiger partial charge in [-0.1, -0.05) is 72.3 Å². The molecule has 6 atom stereocenters. The van der Waals surface area contributed by atoms with Gasteiger partial charge in [-0.2, -0.15) is 5.01 Å². The molecule has 4 aromatic carbocycles. The van der Waals surface area contributed by atoms with E-state index in [4.69, 9.17) is 11.6 Å². The van der Waals surface area contributed by atoms with Crippen LogP contribution >= 0.6 is 11.6 Å². The van der Waals surface area contributed by atoms with E-state index in [1.54, 1.807) is 73.7 Å². The van der Waals surface area contributed by atoms with Gasteiger partial charge >= 0.3 is 0 Å². The Morgan fingerprint density at radius 3 is 2.27 bits per heavy atom. The molecule has 0 radical (unpaired) electrons. The molecule has 3 fully saturated rings. The number of hydrogen-bond donors (Lipinski definition) is 2. The molecule has 2 N–H and O–H groups in total. The lowest BCUT2D eigenvalue weighted by atomic mass is 9.49. The highest BCUT2D eigenvalue weighted by atomic mass is 35.5. The summed E-state index contributed by atoms with van der Waals surface area (Å²) < 4.78 is 13.8. The van der Waals surface area contributed by atoms with Crippen LogP contribution in [0.2, 0.25) is 5.02 Å². The zero-order valence-electron chi connectivity index (χ0n) is 27.6. The third-order valence-electron chi connectivity index (χ3n) is 11.2. The van der Waals surface area contributed by atoms with E-state index in [1.807, 2.05) is 12.1 Å². The fraction of sp³-hybridized carbons (Fsp3) is 0.220. The van der Waals surface area contributed by atoms with Crippen LogP contribution in [-0.2, 0) is 24.6 Å². The van der Waals surface area contributed by atoms with E-state index in [0.717, 1.165) is 16.1 Å². The Bertz CT molecular complexity index is 2170. The highest BCUT2D eigenvalue weighted by molar-refractivity contribution is 6.30. The number of imide groups is 2. The molecule has 2 saturated heterocycles. The van der Waals surface area contributed by atoms with Crippen molar-refractivity contribution in [2.24, 2.45) is 23.7 Å². The molecule has 4 aromatic rings. The maximum atomic E-state index is 15.2. The summed E-state index contributed by atoms with van der Waals surface area (Å²) in [5.74, 6) is -5.75. The van der Waals surface area contributed by atoms with Gasteiger partial charge in [0, 0.05) is 10.9 Å². The molecule has 1 saturated carbocycles. The predicted octanol–water partition coefficient (Wildman–Crippen LogP) is 7.33. The van der Waals surface area contributed by atoms with Gasteiger partial charge in [0.1, 0.15) is 11.6 Å². The first-order chi connectivity index (χ1) is 24.5. The van der Waals surface area contributed by atoms with Crippen molar-refractivity contribution in [3.8, 4) is 5.75 Å². The van der Waals surface area contributed by atoms with Gasteiger partial charge < -0.3 is 5.11 Å². The predicted molar refractivity (Wildman–Crippen MR) is 191 cm³/mol. The van der Waals surface area contributed by atoms with Crippen molar-refractivity contribution in [1.29, 1.82) is 0 Å². The minimum atomic E-state index is -1.50. The van der Waals surface area contributed by atoms with Crippen molar-refractivity contribution < 1.29 is 28.7 Å². The van der Waals surface area contributed by atoms with E-state index >= 15 is 4.79 Å². The van der Waals surface area contributed by atoms with Gasteiger partial charge in [0.05, 0.1) is 34.5 Å². The number of aryl methyl sites for hydroxylation is 1. The molecule has 0 bridgehead atoms. The van der Waals surface area contributed by atoms with E-state index in [9.17, 15) is 23.9 Å². The monoisotopic (exact) mass is 701 g/mol. The number of phenolic OH excluding ortho intramolecular Hbond substituents is 1. The Labute approximate surface area is 298 Å². The Morgan fingerprint density at radius 1 is 0.902 bits per heavy atom. The van der Waals surface area contributed by atoms with Crippen LogP contribution in [0.5, 0.6) is 5.75 Å². The number of amides is 4. The van der Waals surface area contributed by atoms with Crippen LogP contribution in [0.15, 0.2) is 109 Å². The second-order valence-electron chi connectivity index (χ2n) is 13.7. The van der Waals surface area contributed by atoms with E-state index < -0.39 is 52.6 Å². The second kappa shape index (κ2) is 12.1. The lowest BCUT2D eigenvalue weighted by Gasteiger charge is -2.50. The number of phenols is 1. The smallest absolute Gasteiger partial charge is 0.260 e. The van der Waals surface area contributed by atoms with Crippen LogP contribution in [0.4, 0.5) is 15.8 Å². The summed E-state index contributed by atoms with van der Waals surface area (Å²) in [4.78, 5) is 59.7. The third kappa shape index (κ3) is 4.86. The van der Waals surface area contributed by atoms with Crippen molar-refractivity contribution in [3.05, 3.63) is 142 Å². The zero-order valence-corrected chi connectivity index (χ0v) is 28.3. The number of carbonyl (C=O) groups excluding carboxylic acids is 4. The van der Waals surface area contributed by atoms with Crippen LogP contribution in [0, 0.1) is 36.4 Å². The summed E-state index contributed by atoms with van der Waals surface area (Å²) in [6.45, 7) is 5.55. The molecule has 2 heterocycles. The topological polar surface area (TPSA) is 107 Å². The maximum absolute atomic E-state index is 15.2. The average Bonchev–Trinajstić information content (AvgIpc) is 3.51. The van der Waals surface area contributed by atoms with Gasteiger partial charge in [-0.25, -0.2) is 4.39 Å². The van der Waals surface area contributed by atoms with Gasteiger partial charge in [0.15, 0.2) is 0 Å². The number of benzene rings is 4. The number of nitrogens with zero attached hydrogens (tertiary/aromatic N) is 2. The molecule has 8 rings (SSSR count). The fourth-order valence-electron chi connectivity index (χ4n) is 8.90. The van der Waals surface area contributed by atoms with Gasteiger partial charge in [-0.3, -0.25) is 29.5 Å². The fourth-order valence-corrected chi connectivity index (χ4v) is 9.03. The molecule has 10 heteroatoms. The van der Waals surface area contributed by atoms with Crippen molar-refractivity contribution in [3.63, 3.8) is 0 Å². The first-order valence-corrected chi connectivity index (χ1v) is 17.2. The molecule has 51 heavy (non-hydrogen) atoms. The minimum absolute atomic E-state index is 0.0731. The average molecular weight is 702 g/mol. The highest BCUT2D eigenvalue weighted by Gasteiger charge is 2.70. The summed E-state index contributed by atoms with van der Waals surface area (Å²) in [5, 5.41) is 12.0. The number of hydrogen-bond acceptors (Lipinski definition) is 6. The van der Waals surface area contributed by atoms with Gasteiger partial charge in [0.2, 0.25) is 11.8 Å². The summed E-state index contributed by atoms with van der Waals surface area (Å²) >= 11 is 6.36. The number of rotatable bonds is 6. The zero-order chi connectivity index (χ0) is 35.8. The van der Waals surface area contributed by atoms with Crippen molar-refractivity contribution in [2.75, 3.05) is 10.3 Å². The Hall–Kier alpha value is -5.54. The number of halogens is 2. The summed E-state index contributed by atoms with van der Waals surface area (Å²) in [5.41, 5.74) is 5.71. The van der Waals surface area contributed by atoms with Crippen LogP contribution in [0.1, 0.15) is 41.0 Å². The molecular formula is C41H33ClFN3O5. The molecule has 2 aliphatic carbocycles. The molecular weight excluding hydrogens is 669 g/mol. The van der Waals surface area contributed by atoms with Crippen LogP contribution in [0.25, 0.3) is 6.08 Å². The number of allylic oxidation sites excluding steroid dienone is 2. The molecule has 0 aromatic heterocycles. The third-order valence-corrected chi connectivity index (χ3v) is 11.4. The normalized spacial score (nSPS) is 26.8. The Balaban J connectivity index is 1.31. The molecule has 0 spiro atoms. The van der Waals surface area contributed by atoms with Crippen molar-refractivity contribution >= 4 is 52.7 Å².